The van der Waals surface area contributed by atoms with Gasteiger partial charge in [0.25, 0.3) is 0 Å². The summed E-state index contributed by atoms with van der Waals surface area (Å²) in [5, 5.41) is 0. The monoisotopic (exact) mass is 804 g/mol. The molecule has 6 aromatic rings. The van der Waals surface area contributed by atoms with E-state index in [1.165, 1.54) is 72.8 Å². The standard InChI is InChI=1S/C48H36O12/c49-43(33-19-7-1-8-20-33)55-31-39(57-45(51)35-23-11-3-12-24-35)41(59-47(53)37-27-15-5-16-28-37)42(60-48(54)38-29-17-6-18-30-38)40(58-46(52)36-25-13-4-14-26-36)32-56-44(50)34-21-9-2-10-22-34/h1-31,40-42H,32H2/b39-31+. The van der Waals surface area contributed by atoms with Gasteiger partial charge < -0.3 is 28.4 Å². The van der Waals surface area contributed by atoms with Crippen molar-refractivity contribution in [3.63, 3.8) is 0 Å². The normalized spacial score (nSPS) is 12.4. The lowest BCUT2D eigenvalue weighted by Crippen LogP contribution is -2.49. The van der Waals surface area contributed by atoms with Crippen LogP contribution in [-0.2, 0) is 28.4 Å². The van der Waals surface area contributed by atoms with Gasteiger partial charge >= 0.3 is 35.8 Å². The van der Waals surface area contributed by atoms with Crippen LogP contribution in [0.1, 0.15) is 62.1 Å². The number of benzene rings is 6. The second kappa shape index (κ2) is 20.9. The highest BCUT2D eigenvalue weighted by Crippen LogP contribution is 2.27. The Balaban J connectivity index is 1.51. The van der Waals surface area contributed by atoms with Gasteiger partial charge in [0.05, 0.1) is 33.4 Å². The first-order valence-electron chi connectivity index (χ1n) is 18.5. The minimum absolute atomic E-state index is 0.0130. The van der Waals surface area contributed by atoms with Crippen molar-refractivity contribution in [2.24, 2.45) is 0 Å². The fraction of sp³-hybridized carbons (Fsp3) is 0.0833. The van der Waals surface area contributed by atoms with Gasteiger partial charge in [-0.05, 0) is 72.8 Å². The summed E-state index contributed by atoms with van der Waals surface area (Å²) in [7, 11) is 0. The molecule has 0 heterocycles. The molecule has 0 aliphatic carbocycles. The minimum atomic E-state index is -2.05. The fourth-order valence-corrected chi connectivity index (χ4v) is 5.58. The molecule has 12 heteroatoms. The Hall–Kier alpha value is -8.12. The van der Waals surface area contributed by atoms with Crippen LogP contribution in [0.2, 0.25) is 0 Å². The topological polar surface area (TPSA) is 158 Å². The Morgan fingerprint density at radius 3 is 1.13 bits per heavy atom. The molecule has 0 fully saturated rings. The molecule has 300 valence electrons. The molecule has 0 aromatic heterocycles. The zero-order valence-corrected chi connectivity index (χ0v) is 31.7. The smallest absolute Gasteiger partial charge is 0.343 e. The Kier molecular flexibility index (Phi) is 14.4. The van der Waals surface area contributed by atoms with Crippen molar-refractivity contribution in [2.75, 3.05) is 6.61 Å². The molecule has 6 rings (SSSR count). The van der Waals surface area contributed by atoms with Crippen LogP contribution in [0.3, 0.4) is 0 Å². The zero-order valence-electron chi connectivity index (χ0n) is 31.7. The molecular weight excluding hydrogens is 769 g/mol. The Morgan fingerprint density at radius 1 is 0.383 bits per heavy atom. The van der Waals surface area contributed by atoms with Crippen molar-refractivity contribution >= 4 is 35.8 Å². The van der Waals surface area contributed by atoms with E-state index in [0.29, 0.717) is 0 Å². The first-order chi connectivity index (χ1) is 29.3. The van der Waals surface area contributed by atoms with Crippen LogP contribution >= 0.6 is 0 Å². The molecule has 0 N–H and O–H groups in total. The molecule has 6 aromatic carbocycles. The maximum atomic E-state index is 14.0. The summed E-state index contributed by atoms with van der Waals surface area (Å²) >= 11 is 0. The van der Waals surface area contributed by atoms with Crippen LogP contribution in [0.5, 0.6) is 0 Å². The first-order valence-corrected chi connectivity index (χ1v) is 18.5. The molecule has 12 nitrogen and oxygen atoms in total. The number of rotatable bonds is 16. The predicted molar refractivity (Wildman–Crippen MR) is 215 cm³/mol. The van der Waals surface area contributed by atoms with Gasteiger partial charge in [0.2, 0.25) is 6.10 Å². The average Bonchev–Trinajstić information content (AvgIpc) is 3.31. The van der Waals surface area contributed by atoms with Gasteiger partial charge in [-0.1, -0.05) is 109 Å². The largest absolute Gasteiger partial charge is 0.458 e. The van der Waals surface area contributed by atoms with Gasteiger partial charge in [-0.15, -0.1) is 0 Å². The molecule has 0 saturated carbocycles. The van der Waals surface area contributed by atoms with Crippen LogP contribution < -0.4 is 0 Å². The van der Waals surface area contributed by atoms with Crippen LogP contribution in [-0.4, -0.2) is 60.7 Å². The summed E-state index contributed by atoms with van der Waals surface area (Å²) < 4.78 is 35.1. The van der Waals surface area contributed by atoms with Crippen LogP contribution in [0.15, 0.2) is 194 Å². The molecule has 0 aliphatic heterocycles. The summed E-state index contributed by atoms with van der Waals surface area (Å²) in [6, 6.07) is 46.6. The second-order valence-electron chi connectivity index (χ2n) is 12.7. The molecule has 0 amide bonds. The SMILES string of the molecule is O=C(O/C=C(/OC(=O)c1ccccc1)C(OC(=O)c1ccccc1)C(OC(=O)c1ccccc1)C(COC(=O)c1ccccc1)OC(=O)c1ccccc1)c1ccccc1. The third-order valence-corrected chi connectivity index (χ3v) is 8.61. The first kappa shape index (κ1) is 41.5. The van der Waals surface area contributed by atoms with Gasteiger partial charge in [-0.3, -0.25) is 0 Å². The number of carbonyl (C=O) groups is 6. The molecule has 3 atom stereocenters. The third-order valence-electron chi connectivity index (χ3n) is 8.61. The van der Waals surface area contributed by atoms with E-state index >= 15 is 0 Å². The highest BCUT2D eigenvalue weighted by molar-refractivity contribution is 5.93. The second-order valence-corrected chi connectivity index (χ2v) is 12.7. The third kappa shape index (κ3) is 11.5. The summed E-state index contributed by atoms with van der Waals surface area (Å²) in [6.45, 7) is -0.790. The van der Waals surface area contributed by atoms with Crippen molar-refractivity contribution < 1.29 is 57.2 Å². The van der Waals surface area contributed by atoms with E-state index in [4.69, 9.17) is 28.4 Å². The van der Waals surface area contributed by atoms with E-state index in [0.717, 1.165) is 6.26 Å². The number of ether oxygens (including phenoxy) is 6. The Morgan fingerprint density at radius 2 is 0.717 bits per heavy atom. The van der Waals surface area contributed by atoms with E-state index in [9.17, 15) is 28.8 Å². The van der Waals surface area contributed by atoms with Gasteiger partial charge in [0.1, 0.15) is 12.9 Å². The maximum Gasteiger partial charge on any atom is 0.343 e. The lowest BCUT2D eigenvalue weighted by Gasteiger charge is -2.33. The van der Waals surface area contributed by atoms with E-state index in [2.05, 4.69) is 0 Å². The van der Waals surface area contributed by atoms with Crippen molar-refractivity contribution in [1.29, 1.82) is 0 Å². The molecule has 0 bridgehead atoms. The molecule has 0 aliphatic rings. The fourth-order valence-electron chi connectivity index (χ4n) is 5.58. The molecule has 60 heavy (non-hydrogen) atoms. The highest BCUT2D eigenvalue weighted by atomic mass is 16.6. The van der Waals surface area contributed by atoms with Gasteiger partial charge in [-0.2, -0.15) is 0 Å². The molecule has 0 spiro atoms. The van der Waals surface area contributed by atoms with E-state index in [-0.39, 0.29) is 33.4 Å². The summed E-state index contributed by atoms with van der Waals surface area (Å²) in [4.78, 5) is 82.3. The summed E-state index contributed by atoms with van der Waals surface area (Å²) in [6.07, 6.45) is -5.10. The van der Waals surface area contributed by atoms with E-state index < -0.39 is 66.5 Å². The van der Waals surface area contributed by atoms with Crippen molar-refractivity contribution in [3.8, 4) is 0 Å². The Bertz CT molecular complexity index is 2410. The van der Waals surface area contributed by atoms with Gasteiger partial charge in [0, 0.05) is 0 Å². The number of hydrogen-bond acceptors (Lipinski definition) is 12. The van der Waals surface area contributed by atoms with E-state index in [1.807, 2.05) is 0 Å². The zero-order chi connectivity index (χ0) is 42.1. The summed E-state index contributed by atoms with van der Waals surface area (Å²) in [5.41, 5.74) is 0.375. The van der Waals surface area contributed by atoms with Crippen LogP contribution in [0.25, 0.3) is 0 Å². The average molecular weight is 805 g/mol. The number of carbonyl (C=O) groups excluding carboxylic acids is 6. The molecule has 0 saturated heterocycles. The highest BCUT2D eigenvalue weighted by Gasteiger charge is 2.44. The summed E-state index contributed by atoms with van der Waals surface area (Å²) in [5.74, 6) is -6.40. The predicted octanol–water partition coefficient (Wildman–Crippen LogP) is 8.08. The number of hydrogen-bond donors (Lipinski definition) is 0. The minimum Gasteiger partial charge on any atom is -0.458 e. The van der Waals surface area contributed by atoms with Gasteiger partial charge in [-0.25, -0.2) is 28.8 Å². The Labute approximate surface area is 344 Å². The van der Waals surface area contributed by atoms with Crippen LogP contribution in [0, 0.1) is 0 Å². The number of esters is 6. The van der Waals surface area contributed by atoms with Gasteiger partial charge in [0.15, 0.2) is 18.0 Å². The maximum absolute atomic E-state index is 14.0. The van der Waals surface area contributed by atoms with E-state index in [1.54, 1.807) is 109 Å². The lowest BCUT2D eigenvalue weighted by atomic mass is 10.0. The van der Waals surface area contributed by atoms with Crippen molar-refractivity contribution in [3.05, 3.63) is 227 Å². The van der Waals surface area contributed by atoms with Crippen molar-refractivity contribution in [2.45, 2.75) is 18.3 Å². The molecule has 0 radical (unpaired) electrons. The molecular formula is C48H36O12. The molecule has 3 unspecified atom stereocenters. The van der Waals surface area contributed by atoms with Crippen molar-refractivity contribution in [1.82, 2.24) is 0 Å². The quantitative estimate of drug-likeness (QED) is 0.0527. The van der Waals surface area contributed by atoms with Crippen LogP contribution in [0.4, 0.5) is 0 Å². The lowest BCUT2D eigenvalue weighted by molar-refractivity contribution is -0.101.